The first kappa shape index (κ1) is 18.1. The predicted octanol–water partition coefficient (Wildman–Crippen LogP) is -2.09. The Morgan fingerprint density at radius 2 is 1.73 bits per heavy atom. The van der Waals surface area contributed by atoms with Gasteiger partial charge in [0.05, 0.1) is 27.0 Å². The van der Waals surface area contributed by atoms with Gasteiger partial charge in [0.1, 0.15) is 12.6 Å². The first-order valence-electron chi connectivity index (χ1n) is 3.00. The van der Waals surface area contributed by atoms with Crippen molar-refractivity contribution < 1.29 is 22.0 Å². The van der Waals surface area contributed by atoms with E-state index in [1.807, 2.05) is 21.1 Å². The lowest BCUT2D eigenvalue weighted by Gasteiger charge is -2.25. The summed E-state index contributed by atoms with van der Waals surface area (Å²) in [6, 6.07) is 0. The van der Waals surface area contributed by atoms with Gasteiger partial charge in [0.15, 0.2) is 0 Å². The van der Waals surface area contributed by atoms with Gasteiger partial charge in [0.25, 0.3) is 0 Å². The summed E-state index contributed by atoms with van der Waals surface area (Å²) in [6.07, 6.45) is -0.369. The molecule has 0 aliphatic heterocycles. The second kappa shape index (κ2) is 7.86. The number of quaternary nitrogens is 1. The van der Waals surface area contributed by atoms with Gasteiger partial charge in [0.2, 0.25) is 0 Å². The van der Waals surface area contributed by atoms with Crippen molar-refractivity contribution in [3.05, 3.63) is 0 Å². The van der Waals surface area contributed by atoms with Crippen molar-refractivity contribution in [1.82, 2.24) is 0 Å². The third-order valence-corrected chi connectivity index (χ3v) is 1.29. The largest absolute Gasteiger partial charge is 1.00 e. The van der Waals surface area contributed by atoms with Crippen LogP contribution in [0.3, 0.4) is 0 Å². The Bertz CT molecular complexity index is 87.1. The normalized spacial score (nSPS) is 12.8. The van der Waals surface area contributed by atoms with Gasteiger partial charge >= 0.3 is 0 Å². The molecule has 0 aromatic heterocycles. The first-order valence-corrected chi connectivity index (χ1v) is 3.53. The molecule has 0 saturated heterocycles. The minimum atomic E-state index is -0.369. The van der Waals surface area contributed by atoms with E-state index in [9.17, 15) is 0 Å². The van der Waals surface area contributed by atoms with Crippen LogP contribution in [0.4, 0.5) is 0 Å². The lowest BCUT2D eigenvalue weighted by atomic mass is 10.3. The summed E-state index contributed by atoms with van der Waals surface area (Å²) >= 11 is 5.40. The third-order valence-electron chi connectivity index (χ3n) is 0.937. The van der Waals surface area contributed by atoms with Crippen LogP contribution < -0.4 is 12.4 Å². The molecular weight excluding hydrogens is 300 g/mol. The van der Waals surface area contributed by atoms with Crippen molar-refractivity contribution in [2.75, 3.05) is 33.6 Å². The number of hydrogen-bond donors (Lipinski definition) is 1. The monoisotopic (exact) mass is 315 g/mol. The maximum Gasteiger partial charge on any atom is 0.116 e. The standard InChI is InChI=1S/C6H15ClNO.ClH.HI/c1-8(2,3)5-6(9)4-7;;/h6,9H,4-5H2,1-3H3;2*1H/q+1;;/p-1. The summed E-state index contributed by atoms with van der Waals surface area (Å²) in [4.78, 5) is 0. The van der Waals surface area contributed by atoms with Crippen LogP contribution in [0.2, 0.25) is 0 Å². The van der Waals surface area contributed by atoms with Crippen molar-refractivity contribution in [2.45, 2.75) is 6.10 Å². The zero-order valence-corrected chi connectivity index (χ0v) is 10.9. The first-order chi connectivity index (χ1) is 3.95. The second-order valence-electron chi connectivity index (χ2n) is 3.28. The molecule has 0 aliphatic rings. The molecule has 0 heterocycles. The fraction of sp³-hybridized carbons (Fsp3) is 1.00. The van der Waals surface area contributed by atoms with Crippen LogP contribution in [0.5, 0.6) is 0 Å². The van der Waals surface area contributed by atoms with Crippen LogP contribution in [-0.2, 0) is 0 Å². The van der Waals surface area contributed by atoms with E-state index in [2.05, 4.69) is 0 Å². The van der Waals surface area contributed by atoms with Crippen molar-refractivity contribution in [3.8, 4) is 0 Å². The van der Waals surface area contributed by atoms with E-state index < -0.39 is 0 Å². The lowest BCUT2D eigenvalue weighted by molar-refractivity contribution is -0.873. The highest BCUT2D eigenvalue weighted by molar-refractivity contribution is 14.0. The van der Waals surface area contributed by atoms with E-state index in [-0.39, 0.29) is 42.5 Å². The molecule has 0 fully saturated rings. The smallest absolute Gasteiger partial charge is 0.116 e. The van der Waals surface area contributed by atoms with Crippen LogP contribution in [0, 0.1) is 0 Å². The predicted molar refractivity (Wildman–Crippen MR) is 55.0 cm³/mol. The van der Waals surface area contributed by atoms with Gasteiger partial charge in [-0.15, -0.1) is 35.6 Å². The van der Waals surface area contributed by atoms with E-state index in [0.29, 0.717) is 12.4 Å². The van der Waals surface area contributed by atoms with E-state index in [1.54, 1.807) is 0 Å². The number of aliphatic hydroxyl groups excluding tert-OH is 1. The summed E-state index contributed by atoms with van der Waals surface area (Å²) in [5, 5.41) is 9.05. The number of likely N-dealkylation sites (N-methyl/N-ethyl adjacent to an activating group) is 1. The maximum atomic E-state index is 9.05. The van der Waals surface area contributed by atoms with Gasteiger partial charge in [0, 0.05) is 0 Å². The fourth-order valence-electron chi connectivity index (χ4n) is 0.681. The minimum absolute atomic E-state index is 0. The van der Waals surface area contributed by atoms with Gasteiger partial charge < -0.3 is 22.0 Å². The van der Waals surface area contributed by atoms with E-state index in [1.165, 1.54) is 0 Å². The SMILES string of the molecule is C[N+](C)(C)CC(O)CCl.I.[Cl-]. The molecule has 72 valence electrons. The molecule has 0 rings (SSSR count). The highest BCUT2D eigenvalue weighted by atomic mass is 127. The molecule has 0 saturated carbocycles. The van der Waals surface area contributed by atoms with Gasteiger partial charge in [-0.3, -0.25) is 0 Å². The van der Waals surface area contributed by atoms with Crippen molar-refractivity contribution in [2.24, 2.45) is 0 Å². The molecule has 0 bridgehead atoms. The Kier molecular flexibility index (Phi) is 12.9. The highest BCUT2D eigenvalue weighted by Gasteiger charge is 2.13. The molecule has 0 amide bonds. The highest BCUT2D eigenvalue weighted by Crippen LogP contribution is 1.95. The maximum absolute atomic E-state index is 9.05. The van der Waals surface area contributed by atoms with Crippen LogP contribution in [-0.4, -0.2) is 49.3 Å². The molecule has 1 unspecified atom stereocenters. The molecule has 1 N–H and O–H groups in total. The Labute approximate surface area is 96.9 Å². The zero-order valence-electron chi connectivity index (χ0n) is 7.05. The summed E-state index contributed by atoms with van der Waals surface area (Å²) in [5.74, 6) is 0.329. The van der Waals surface area contributed by atoms with Crippen LogP contribution >= 0.6 is 35.6 Å². The van der Waals surface area contributed by atoms with Crippen molar-refractivity contribution in [3.63, 3.8) is 0 Å². The minimum Gasteiger partial charge on any atom is -1.00 e. The molecule has 0 aromatic rings. The third kappa shape index (κ3) is 14.1. The number of halogens is 3. The second-order valence-corrected chi connectivity index (χ2v) is 3.59. The number of rotatable bonds is 3. The Balaban J connectivity index is -0.000000320. The van der Waals surface area contributed by atoms with Gasteiger partial charge in [-0.2, -0.15) is 0 Å². The molecule has 5 heteroatoms. The lowest BCUT2D eigenvalue weighted by Crippen LogP contribution is -3.00. The quantitative estimate of drug-likeness (QED) is 0.360. The molecule has 0 aromatic carbocycles. The molecule has 0 aliphatic carbocycles. The number of nitrogens with zero attached hydrogens (tertiary/aromatic N) is 1. The molecular formula is C6H16Cl2INO. The molecule has 11 heavy (non-hydrogen) atoms. The van der Waals surface area contributed by atoms with Crippen molar-refractivity contribution in [1.29, 1.82) is 0 Å². The van der Waals surface area contributed by atoms with Gasteiger partial charge in [-0.1, -0.05) is 0 Å². The summed E-state index contributed by atoms with van der Waals surface area (Å²) in [5.41, 5.74) is 0. The zero-order chi connectivity index (χ0) is 7.49. The molecule has 2 nitrogen and oxygen atoms in total. The van der Waals surface area contributed by atoms with E-state index >= 15 is 0 Å². The Morgan fingerprint density at radius 1 is 1.36 bits per heavy atom. The average molecular weight is 316 g/mol. The Hall–Kier alpha value is 1.23. The Morgan fingerprint density at radius 3 is 1.82 bits per heavy atom. The van der Waals surface area contributed by atoms with Crippen molar-refractivity contribution >= 4 is 35.6 Å². The van der Waals surface area contributed by atoms with Crippen LogP contribution in [0.15, 0.2) is 0 Å². The van der Waals surface area contributed by atoms with E-state index in [4.69, 9.17) is 16.7 Å². The van der Waals surface area contributed by atoms with Gasteiger partial charge in [-0.25, -0.2) is 0 Å². The van der Waals surface area contributed by atoms with Crippen LogP contribution in [0.25, 0.3) is 0 Å². The summed E-state index contributed by atoms with van der Waals surface area (Å²) < 4.78 is 0.758. The number of alkyl halides is 1. The fourth-order valence-corrected chi connectivity index (χ4v) is 0.779. The summed E-state index contributed by atoms with van der Waals surface area (Å²) in [7, 11) is 6.07. The van der Waals surface area contributed by atoms with Gasteiger partial charge in [-0.05, 0) is 0 Å². The molecule has 0 spiro atoms. The van der Waals surface area contributed by atoms with Crippen LogP contribution in [0.1, 0.15) is 0 Å². The van der Waals surface area contributed by atoms with E-state index in [0.717, 1.165) is 4.48 Å². The summed E-state index contributed by atoms with van der Waals surface area (Å²) in [6.45, 7) is 0.712. The number of hydrogen-bond acceptors (Lipinski definition) is 1. The molecule has 0 radical (unpaired) electrons. The topological polar surface area (TPSA) is 20.2 Å². The molecule has 1 atom stereocenters. The average Bonchev–Trinajstić information content (AvgIpc) is 1.62. The number of aliphatic hydroxyl groups is 1.